The van der Waals surface area contributed by atoms with E-state index in [1.807, 2.05) is 20.8 Å². The highest BCUT2D eigenvalue weighted by Crippen LogP contribution is 2.31. The molecule has 3 nitrogen and oxygen atoms in total. The van der Waals surface area contributed by atoms with Gasteiger partial charge < -0.3 is 5.73 Å². The molecule has 0 bridgehead atoms. The van der Waals surface area contributed by atoms with E-state index >= 15 is 0 Å². The Morgan fingerprint density at radius 3 is 2.45 bits per heavy atom. The molecule has 1 aromatic carbocycles. The first-order chi connectivity index (χ1) is 9.20. The van der Waals surface area contributed by atoms with Gasteiger partial charge in [-0.3, -0.25) is 0 Å². The molecule has 2 aromatic rings. The molecule has 0 amide bonds. The molecule has 0 fully saturated rings. The fourth-order valence-corrected chi connectivity index (χ4v) is 2.17. The first kappa shape index (κ1) is 14.9. The zero-order valence-corrected chi connectivity index (χ0v) is 13.5. The molecule has 2 N–H and O–H groups in total. The molecule has 0 spiro atoms. The number of anilines is 1. The maximum atomic E-state index is 14.1. The molecule has 0 aliphatic heterocycles. The van der Waals surface area contributed by atoms with Crippen molar-refractivity contribution in [3.05, 3.63) is 39.9 Å². The highest BCUT2D eigenvalue weighted by Gasteiger charge is 2.22. The lowest BCUT2D eigenvalue weighted by atomic mass is 9.95. The van der Waals surface area contributed by atoms with Gasteiger partial charge in [-0.15, -0.1) is 0 Å². The van der Waals surface area contributed by atoms with Gasteiger partial charge in [-0.05, 0) is 25.1 Å². The van der Waals surface area contributed by atoms with Crippen molar-refractivity contribution < 1.29 is 4.39 Å². The van der Waals surface area contributed by atoms with Gasteiger partial charge in [-0.2, -0.15) is 0 Å². The van der Waals surface area contributed by atoms with Gasteiger partial charge in [0.2, 0.25) is 0 Å². The van der Waals surface area contributed by atoms with E-state index in [2.05, 4.69) is 25.9 Å². The SMILES string of the molecule is Cc1c(N)nc(C(C)(C)C)nc1-c1cc(Br)ccc1F. The number of hydrogen-bond acceptors (Lipinski definition) is 3. The summed E-state index contributed by atoms with van der Waals surface area (Å²) in [5, 5.41) is 0. The van der Waals surface area contributed by atoms with Crippen molar-refractivity contribution >= 4 is 21.7 Å². The lowest BCUT2D eigenvalue weighted by Crippen LogP contribution is -2.18. The minimum atomic E-state index is -0.325. The zero-order chi connectivity index (χ0) is 15.1. The first-order valence-electron chi connectivity index (χ1n) is 6.30. The van der Waals surface area contributed by atoms with Crippen molar-refractivity contribution in [1.29, 1.82) is 0 Å². The highest BCUT2D eigenvalue weighted by molar-refractivity contribution is 9.10. The average Bonchev–Trinajstić information content (AvgIpc) is 2.34. The van der Waals surface area contributed by atoms with Crippen molar-refractivity contribution in [2.45, 2.75) is 33.1 Å². The lowest BCUT2D eigenvalue weighted by molar-refractivity contribution is 0.546. The second kappa shape index (κ2) is 5.13. The van der Waals surface area contributed by atoms with Crippen LogP contribution in [0.1, 0.15) is 32.2 Å². The van der Waals surface area contributed by atoms with E-state index in [0.29, 0.717) is 28.5 Å². The number of nitrogen functional groups attached to an aromatic ring is 1. The van der Waals surface area contributed by atoms with Crippen molar-refractivity contribution in [3.63, 3.8) is 0 Å². The van der Waals surface area contributed by atoms with Gasteiger partial charge in [0, 0.05) is 21.0 Å². The van der Waals surface area contributed by atoms with Crippen LogP contribution in [0.3, 0.4) is 0 Å². The predicted molar refractivity (Wildman–Crippen MR) is 83.0 cm³/mol. The Balaban J connectivity index is 2.73. The molecule has 5 heteroatoms. The van der Waals surface area contributed by atoms with Crippen molar-refractivity contribution in [2.75, 3.05) is 5.73 Å². The number of nitrogens with zero attached hydrogens (tertiary/aromatic N) is 2. The van der Waals surface area contributed by atoms with Gasteiger partial charge in [0.25, 0.3) is 0 Å². The quantitative estimate of drug-likeness (QED) is 0.846. The predicted octanol–water partition coefficient (Wildman–Crippen LogP) is 4.23. The van der Waals surface area contributed by atoms with Gasteiger partial charge in [-0.25, -0.2) is 14.4 Å². The number of hydrogen-bond donors (Lipinski definition) is 1. The van der Waals surface area contributed by atoms with Crippen LogP contribution in [-0.2, 0) is 5.41 Å². The summed E-state index contributed by atoms with van der Waals surface area (Å²) in [6.07, 6.45) is 0. The summed E-state index contributed by atoms with van der Waals surface area (Å²) in [7, 11) is 0. The van der Waals surface area contributed by atoms with Crippen LogP contribution in [0.4, 0.5) is 10.2 Å². The van der Waals surface area contributed by atoms with E-state index < -0.39 is 0 Å². The largest absolute Gasteiger partial charge is 0.383 e. The summed E-state index contributed by atoms with van der Waals surface area (Å²) in [6.45, 7) is 7.80. The van der Waals surface area contributed by atoms with Crippen molar-refractivity contribution in [1.82, 2.24) is 9.97 Å². The van der Waals surface area contributed by atoms with Crippen LogP contribution < -0.4 is 5.73 Å². The minimum absolute atomic E-state index is 0.251. The second-order valence-electron chi connectivity index (χ2n) is 5.78. The van der Waals surface area contributed by atoms with Gasteiger partial charge in [-0.1, -0.05) is 36.7 Å². The van der Waals surface area contributed by atoms with Crippen molar-refractivity contribution in [3.8, 4) is 11.3 Å². The number of nitrogens with two attached hydrogens (primary N) is 1. The highest BCUT2D eigenvalue weighted by atomic mass is 79.9. The molecule has 1 heterocycles. The standard InChI is InChI=1S/C15H17BrFN3/c1-8-12(10-7-9(16)5-6-11(10)17)19-14(15(2,3)4)20-13(8)18/h5-7H,1-4H3,(H2,18,19,20). The number of rotatable bonds is 1. The van der Waals surface area contributed by atoms with E-state index in [9.17, 15) is 4.39 Å². The third-order valence-corrected chi connectivity index (χ3v) is 3.53. The van der Waals surface area contributed by atoms with Crippen LogP contribution in [0.15, 0.2) is 22.7 Å². The Kier molecular flexibility index (Phi) is 3.82. The molecule has 106 valence electrons. The minimum Gasteiger partial charge on any atom is -0.383 e. The Labute approximate surface area is 126 Å². The van der Waals surface area contributed by atoms with Crippen LogP contribution in [0, 0.1) is 12.7 Å². The van der Waals surface area contributed by atoms with Crippen LogP contribution >= 0.6 is 15.9 Å². The van der Waals surface area contributed by atoms with E-state index in [1.54, 1.807) is 19.1 Å². The normalized spacial score (nSPS) is 11.7. The van der Waals surface area contributed by atoms with Crippen LogP contribution in [-0.4, -0.2) is 9.97 Å². The third kappa shape index (κ3) is 2.82. The van der Waals surface area contributed by atoms with Crippen LogP contribution in [0.2, 0.25) is 0 Å². The summed E-state index contributed by atoms with van der Waals surface area (Å²) in [5.74, 6) is 0.670. The van der Waals surface area contributed by atoms with Crippen LogP contribution in [0.5, 0.6) is 0 Å². The summed E-state index contributed by atoms with van der Waals surface area (Å²) >= 11 is 3.35. The number of halogens is 2. The number of benzene rings is 1. The van der Waals surface area contributed by atoms with Gasteiger partial charge in [0.15, 0.2) is 0 Å². The van der Waals surface area contributed by atoms with Gasteiger partial charge >= 0.3 is 0 Å². The zero-order valence-electron chi connectivity index (χ0n) is 12.0. The van der Waals surface area contributed by atoms with Gasteiger partial charge in [0.05, 0.1) is 5.69 Å². The summed E-state index contributed by atoms with van der Waals surface area (Å²) in [4.78, 5) is 8.84. The summed E-state index contributed by atoms with van der Waals surface area (Å²) in [6, 6.07) is 4.77. The van der Waals surface area contributed by atoms with E-state index in [0.717, 1.165) is 4.47 Å². The smallest absolute Gasteiger partial charge is 0.136 e. The molecule has 0 atom stereocenters. The maximum absolute atomic E-state index is 14.1. The molecule has 0 radical (unpaired) electrons. The van der Waals surface area contributed by atoms with E-state index in [4.69, 9.17) is 5.73 Å². The monoisotopic (exact) mass is 337 g/mol. The Morgan fingerprint density at radius 1 is 1.20 bits per heavy atom. The topological polar surface area (TPSA) is 51.8 Å². The molecule has 0 aliphatic carbocycles. The molecule has 1 aromatic heterocycles. The fraction of sp³-hybridized carbons (Fsp3) is 0.333. The maximum Gasteiger partial charge on any atom is 0.136 e. The lowest BCUT2D eigenvalue weighted by Gasteiger charge is -2.19. The second-order valence-corrected chi connectivity index (χ2v) is 6.70. The molecule has 0 saturated carbocycles. The average molecular weight is 338 g/mol. The third-order valence-electron chi connectivity index (χ3n) is 3.04. The molecule has 0 saturated heterocycles. The molecular formula is C15H17BrFN3. The molecule has 0 unspecified atom stereocenters. The first-order valence-corrected chi connectivity index (χ1v) is 7.09. The summed E-state index contributed by atoms with van der Waals surface area (Å²) in [5.41, 5.74) is 7.37. The number of aromatic nitrogens is 2. The fourth-order valence-electron chi connectivity index (χ4n) is 1.81. The van der Waals surface area contributed by atoms with E-state index in [-0.39, 0.29) is 11.2 Å². The Bertz CT molecular complexity index is 663. The van der Waals surface area contributed by atoms with E-state index in [1.165, 1.54) is 6.07 Å². The molecular weight excluding hydrogens is 321 g/mol. The Morgan fingerprint density at radius 2 is 1.85 bits per heavy atom. The van der Waals surface area contributed by atoms with Crippen molar-refractivity contribution in [2.24, 2.45) is 0 Å². The summed E-state index contributed by atoms with van der Waals surface area (Å²) < 4.78 is 14.9. The molecule has 0 aliphatic rings. The molecule has 20 heavy (non-hydrogen) atoms. The van der Waals surface area contributed by atoms with Crippen LogP contribution in [0.25, 0.3) is 11.3 Å². The molecule has 2 rings (SSSR count). The van der Waals surface area contributed by atoms with Gasteiger partial charge in [0.1, 0.15) is 17.5 Å². The Hall–Kier alpha value is -1.49.